The number of benzene rings is 1. The van der Waals surface area contributed by atoms with Crippen LogP contribution in [0.25, 0.3) is 11.3 Å². The minimum Gasteiger partial charge on any atom is -0.383 e. The Labute approximate surface area is 132 Å². The van der Waals surface area contributed by atoms with Crippen LogP contribution in [0.15, 0.2) is 34.8 Å². The van der Waals surface area contributed by atoms with E-state index < -0.39 is 0 Å². The van der Waals surface area contributed by atoms with E-state index in [9.17, 15) is 0 Å². The smallest absolute Gasteiger partial charge is 0.142 e. The van der Waals surface area contributed by atoms with E-state index >= 15 is 0 Å². The van der Waals surface area contributed by atoms with E-state index in [-0.39, 0.29) is 6.10 Å². The Kier molecular flexibility index (Phi) is 4.51. The van der Waals surface area contributed by atoms with Gasteiger partial charge in [0.25, 0.3) is 0 Å². The van der Waals surface area contributed by atoms with Gasteiger partial charge in [0.15, 0.2) is 0 Å². The van der Waals surface area contributed by atoms with Crippen molar-refractivity contribution in [3.8, 4) is 11.3 Å². The number of nitrogen functional groups attached to an aromatic ring is 1. The normalized spacial score (nSPS) is 18.6. The summed E-state index contributed by atoms with van der Waals surface area (Å²) in [6, 6.07) is 10.0. The molecule has 1 unspecified atom stereocenters. The lowest BCUT2D eigenvalue weighted by Gasteiger charge is -2.22. The number of hydrogen-bond donors (Lipinski definition) is 1. The zero-order valence-electron chi connectivity index (χ0n) is 11.8. The third-order valence-electron chi connectivity index (χ3n) is 3.65. The first-order valence-corrected chi connectivity index (χ1v) is 8.02. The molecule has 1 fully saturated rings. The van der Waals surface area contributed by atoms with Crippen molar-refractivity contribution in [1.82, 2.24) is 9.97 Å². The van der Waals surface area contributed by atoms with E-state index in [0.717, 1.165) is 47.4 Å². The van der Waals surface area contributed by atoms with E-state index in [1.165, 1.54) is 6.42 Å². The molecule has 2 N–H and O–H groups in total. The predicted molar refractivity (Wildman–Crippen MR) is 86.9 cm³/mol. The molecule has 0 aliphatic carbocycles. The van der Waals surface area contributed by atoms with Crippen LogP contribution < -0.4 is 5.73 Å². The number of nitrogens with zero attached hydrogens (tertiary/aromatic N) is 2. The van der Waals surface area contributed by atoms with E-state index in [0.29, 0.717) is 5.82 Å². The van der Waals surface area contributed by atoms with Gasteiger partial charge < -0.3 is 10.5 Å². The molecule has 0 spiro atoms. The van der Waals surface area contributed by atoms with Crippen LogP contribution in [0, 0.1) is 0 Å². The molecule has 2 heterocycles. The largest absolute Gasteiger partial charge is 0.383 e. The number of hydrogen-bond acceptors (Lipinski definition) is 4. The molecule has 1 aromatic heterocycles. The van der Waals surface area contributed by atoms with Gasteiger partial charge in [-0.15, -0.1) is 0 Å². The first-order valence-electron chi connectivity index (χ1n) is 7.23. The van der Waals surface area contributed by atoms with Crippen molar-refractivity contribution in [1.29, 1.82) is 0 Å². The van der Waals surface area contributed by atoms with Gasteiger partial charge in [0.1, 0.15) is 11.6 Å². The van der Waals surface area contributed by atoms with Crippen molar-refractivity contribution < 1.29 is 4.74 Å². The number of rotatable bonds is 3. The molecule has 1 aliphatic heterocycles. The quantitative estimate of drug-likeness (QED) is 0.921. The molecule has 1 aliphatic rings. The molecule has 4 nitrogen and oxygen atoms in total. The van der Waals surface area contributed by atoms with E-state index in [2.05, 4.69) is 25.9 Å². The third kappa shape index (κ3) is 3.41. The molecule has 1 aromatic carbocycles. The highest BCUT2D eigenvalue weighted by Gasteiger charge is 2.18. The summed E-state index contributed by atoms with van der Waals surface area (Å²) in [5.74, 6) is 1.23. The molecule has 3 rings (SSSR count). The molecule has 1 saturated heterocycles. The van der Waals surface area contributed by atoms with Gasteiger partial charge in [-0.2, -0.15) is 0 Å². The van der Waals surface area contributed by atoms with Gasteiger partial charge in [0.05, 0.1) is 16.3 Å². The van der Waals surface area contributed by atoms with Crippen LogP contribution in [0.5, 0.6) is 0 Å². The average Bonchev–Trinajstić information content (AvgIpc) is 2.52. The Morgan fingerprint density at radius 1 is 1.19 bits per heavy atom. The second kappa shape index (κ2) is 6.54. The monoisotopic (exact) mass is 347 g/mol. The van der Waals surface area contributed by atoms with Gasteiger partial charge in [0, 0.05) is 18.6 Å². The van der Waals surface area contributed by atoms with Gasteiger partial charge in [0.2, 0.25) is 0 Å². The average molecular weight is 348 g/mol. The molecular formula is C16H18BrN3O. The molecule has 0 bridgehead atoms. The number of ether oxygens (including phenoxy) is 1. The van der Waals surface area contributed by atoms with Crippen molar-refractivity contribution in [2.45, 2.75) is 31.8 Å². The first-order chi connectivity index (χ1) is 10.2. The fraction of sp³-hybridized carbons (Fsp3) is 0.375. The lowest BCUT2D eigenvalue weighted by Crippen LogP contribution is -2.22. The topological polar surface area (TPSA) is 61.0 Å². The van der Waals surface area contributed by atoms with E-state index in [4.69, 9.17) is 10.5 Å². The second-order valence-corrected chi connectivity index (χ2v) is 6.04. The van der Waals surface area contributed by atoms with Crippen LogP contribution in [0.2, 0.25) is 0 Å². The van der Waals surface area contributed by atoms with Crippen molar-refractivity contribution >= 4 is 21.7 Å². The van der Waals surface area contributed by atoms with Gasteiger partial charge >= 0.3 is 0 Å². The number of halogens is 1. The van der Waals surface area contributed by atoms with Crippen molar-refractivity contribution in [3.63, 3.8) is 0 Å². The highest BCUT2D eigenvalue weighted by atomic mass is 79.9. The number of anilines is 1. The van der Waals surface area contributed by atoms with Crippen LogP contribution in [0.1, 0.15) is 25.1 Å². The summed E-state index contributed by atoms with van der Waals surface area (Å²) in [6.45, 7) is 0.836. The van der Waals surface area contributed by atoms with Crippen LogP contribution in [-0.2, 0) is 11.2 Å². The minimum absolute atomic E-state index is 0.211. The molecule has 110 valence electrons. The van der Waals surface area contributed by atoms with E-state index in [1.54, 1.807) is 0 Å². The number of nitrogens with two attached hydrogens (primary N) is 1. The lowest BCUT2D eigenvalue weighted by molar-refractivity contribution is 0.0157. The maximum Gasteiger partial charge on any atom is 0.142 e. The maximum atomic E-state index is 6.03. The molecule has 0 saturated carbocycles. The first kappa shape index (κ1) is 14.5. The SMILES string of the molecule is Nc1nc(CC2CCCCO2)nc(-c2ccccc2)c1Br. The fourth-order valence-corrected chi connectivity index (χ4v) is 2.97. The molecule has 1 atom stereocenters. The van der Waals surface area contributed by atoms with E-state index in [1.807, 2.05) is 30.3 Å². The minimum atomic E-state index is 0.211. The van der Waals surface area contributed by atoms with Crippen LogP contribution in [0.4, 0.5) is 5.82 Å². The Hall–Kier alpha value is -1.46. The number of aromatic nitrogens is 2. The predicted octanol–water partition coefficient (Wildman–Crippen LogP) is 3.60. The standard InChI is InChI=1S/C16H18BrN3O/c17-14-15(11-6-2-1-3-7-11)19-13(20-16(14)18)10-12-8-4-5-9-21-12/h1-3,6-7,12H,4-5,8-10H2,(H2,18,19,20). The Balaban J connectivity index is 1.90. The summed E-state index contributed by atoms with van der Waals surface area (Å²) in [5.41, 5.74) is 7.90. The maximum absolute atomic E-state index is 6.03. The van der Waals surface area contributed by atoms with Gasteiger partial charge in [-0.1, -0.05) is 30.3 Å². The van der Waals surface area contributed by atoms with Crippen molar-refractivity contribution in [3.05, 3.63) is 40.6 Å². The lowest BCUT2D eigenvalue weighted by atomic mass is 10.1. The van der Waals surface area contributed by atoms with Crippen LogP contribution in [0.3, 0.4) is 0 Å². The summed E-state index contributed by atoms with van der Waals surface area (Å²) in [5, 5.41) is 0. The molecule has 5 heteroatoms. The molecule has 0 amide bonds. The highest BCUT2D eigenvalue weighted by Crippen LogP contribution is 2.30. The molecular weight excluding hydrogens is 330 g/mol. The summed E-state index contributed by atoms with van der Waals surface area (Å²) >= 11 is 3.50. The molecule has 21 heavy (non-hydrogen) atoms. The Morgan fingerprint density at radius 3 is 2.71 bits per heavy atom. The zero-order valence-corrected chi connectivity index (χ0v) is 13.3. The summed E-state index contributed by atoms with van der Waals surface area (Å²) < 4.78 is 6.52. The van der Waals surface area contributed by atoms with Gasteiger partial charge in [-0.3, -0.25) is 0 Å². The molecule has 2 aromatic rings. The van der Waals surface area contributed by atoms with Crippen LogP contribution >= 0.6 is 15.9 Å². The zero-order chi connectivity index (χ0) is 14.7. The fourth-order valence-electron chi connectivity index (χ4n) is 2.56. The Bertz CT molecular complexity index is 612. The van der Waals surface area contributed by atoms with Crippen molar-refractivity contribution in [2.75, 3.05) is 12.3 Å². The summed E-state index contributed by atoms with van der Waals surface area (Å²) in [6.07, 6.45) is 4.36. The third-order valence-corrected chi connectivity index (χ3v) is 4.44. The molecule has 0 radical (unpaired) electrons. The summed E-state index contributed by atoms with van der Waals surface area (Å²) in [4.78, 5) is 9.07. The van der Waals surface area contributed by atoms with Gasteiger partial charge in [-0.25, -0.2) is 9.97 Å². The highest BCUT2D eigenvalue weighted by molar-refractivity contribution is 9.10. The Morgan fingerprint density at radius 2 is 2.00 bits per heavy atom. The second-order valence-electron chi connectivity index (χ2n) is 5.25. The summed E-state index contributed by atoms with van der Waals surface area (Å²) in [7, 11) is 0. The van der Waals surface area contributed by atoms with Crippen LogP contribution in [-0.4, -0.2) is 22.7 Å². The van der Waals surface area contributed by atoms with Crippen molar-refractivity contribution in [2.24, 2.45) is 0 Å². The van der Waals surface area contributed by atoms with Gasteiger partial charge in [-0.05, 0) is 35.2 Å².